The average Bonchev–Trinajstić information content (AvgIpc) is 3.61. The minimum absolute atomic E-state index is 0.234. The van der Waals surface area contributed by atoms with Gasteiger partial charge in [0, 0.05) is 68.1 Å². The van der Waals surface area contributed by atoms with Gasteiger partial charge >= 0.3 is 5.97 Å². The molecule has 1 fully saturated rings. The molecule has 3 heterocycles. The fourth-order valence-electron chi connectivity index (χ4n) is 4.89. The Hall–Kier alpha value is -5.03. The van der Waals surface area contributed by atoms with Crippen molar-refractivity contribution in [2.24, 2.45) is 5.92 Å². The number of hydrogen-bond acceptors (Lipinski definition) is 7. The van der Waals surface area contributed by atoms with Gasteiger partial charge in [0.2, 0.25) is 0 Å². The number of aliphatic carboxylic acids is 1. The van der Waals surface area contributed by atoms with E-state index in [-0.39, 0.29) is 30.6 Å². The Morgan fingerprint density at radius 1 is 0.913 bits per heavy atom. The van der Waals surface area contributed by atoms with E-state index in [1.807, 2.05) is 60.8 Å². The fourth-order valence-corrected chi connectivity index (χ4v) is 6.37. The van der Waals surface area contributed by atoms with Gasteiger partial charge in [-0.1, -0.05) is 37.8 Å². The Bertz CT molecular complexity index is 1820. The fraction of sp³-hybridized carbons (Fsp3) is 0.273. The molecule has 0 aliphatic carbocycles. The molecule has 2 aromatic heterocycles. The Balaban J connectivity index is 1.13. The summed E-state index contributed by atoms with van der Waals surface area (Å²) in [5.74, 6) is 4.32. The standard InChI is InChI=1S/C33H35N7O5S/c1-24(2)31(33(42)43)37-46(44,45)39-20-18-38(19-21-39)28-10-6-25(7-11-28)4-5-26-14-16-34-30(22-26)32(41)35-23-27-8-12-29(13-9-27)40-17-3-15-36-40/h3,6-17,22,24,31,37H,18-21,23H2,1-2H3,(H,35,41)(H,42,43)/t31-/m1/s1. The number of carbonyl (C=O) groups is 2. The second kappa shape index (κ2) is 14.4. The average molecular weight is 642 g/mol. The molecule has 1 aliphatic heterocycles. The predicted octanol–water partition coefficient (Wildman–Crippen LogP) is 2.66. The van der Waals surface area contributed by atoms with Gasteiger partial charge in [-0.15, -0.1) is 0 Å². The molecule has 0 bridgehead atoms. The molecule has 12 nitrogen and oxygen atoms in total. The third kappa shape index (κ3) is 8.16. The van der Waals surface area contributed by atoms with Crippen molar-refractivity contribution in [3.63, 3.8) is 0 Å². The van der Waals surface area contributed by atoms with E-state index in [9.17, 15) is 23.1 Å². The summed E-state index contributed by atoms with van der Waals surface area (Å²) in [7, 11) is -3.93. The number of nitrogens with one attached hydrogen (secondary N) is 2. The number of carboxylic acids is 1. The highest BCUT2D eigenvalue weighted by Gasteiger charge is 2.33. The smallest absolute Gasteiger partial charge is 0.322 e. The van der Waals surface area contributed by atoms with Gasteiger partial charge in [0.15, 0.2) is 0 Å². The van der Waals surface area contributed by atoms with E-state index in [1.165, 1.54) is 4.31 Å². The normalized spacial score (nSPS) is 14.4. The first-order chi connectivity index (χ1) is 22.1. The quantitative estimate of drug-likeness (QED) is 0.224. The van der Waals surface area contributed by atoms with Crippen LogP contribution in [0.5, 0.6) is 0 Å². The Morgan fingerprint density at radius 2 is 1.59 bits per heavy atom. The molecule has 0 radical (unpaired) electrons. The molecular weight excluding hydrogens is 606 g/mol. The lowest BCUT2D eigenvalue weighted by Crippen LogP contribution is -2.55. The number of rotatable bonds is 10. The maximum atomic E-state index is 12.8. The number of nitrogens with zero attached hydrogens (tertiary/aromatic N) is 5. The van der Waals surface area contributed by atoms with E-state index >= 15 is 0 Å². The Kier molecular flexibility index (Phi) is 10.1. The lowest BCUT2D eigenvalue weighted by Gasteiger charge is -2.36. The second-order valence-corrected chi connectivity index (χ2v) is 12.8. The number of hydrogen-bond donors (Lipinski definition) is 3. The largest absolute Gasteiger partial charge is 0.480 e. The molecule has 1 saturated heterocycles. The molecule has 46 heavy (non-hydrogen) atoms. The molecule has 0 saturated carbocycles. The van der Waals surface area contributed by atoms with Crippen LogP contribution in [0.4, 0.5) is 5.69 Å². The van der Waals surface area contributed by atoms with Crippen molar-refractivity contribution in [3.05, 3.63) is 108 Å². The lowest BCUT2D eigenvalue weighted by molar-refractivity contribution is -0.140. The first-order valence-corrected chi connectivity index (χ1v) is 16.2. The predicted molar refractivity (Wildman–Crippen MR) is 173 cm³/mol. The number of piperazine rings is 1. The summed E-state index contributed by atoms with van der Waals surface area (Å²) in [6, 6.07) is 19.5. The zero-order chi connectivity index (χ0) is 32.7. The van der Waals surface area contributed by atoms with Crippen LogP contribution in [0.25, 0.3) is 5.69 Å². The molecular formula is C33H35N7O5S. The molecule has 1 amide bonds. The summed E-state index contributed by atoms with van der Waals surface area (Å²) in [5, 5.41) is 16.5. The summed E-state index contributed by atoms with van der Waals surface area (Å²) in [4.78, 5) is 30.5. The monoisotopic (exact) mass is 641 g/mol. The van der Waals surface area contributed by atoms with Gasteiger partial charge < -0.3 is 15.3 Å². The third-order valence-corrected chi connectivity index (χ3v) is 9.12. The van der Waals surface area contributed by atoms with E-state index in [4.69, 9.17) is 0 Å². The van der Waals surface area contributed by atoms with Crippen LogP contribution in [-0.4, -0.2) is 76.7 Å². The number of carboxylic acid groups (broad SMARTS) is 1. The van der Waals surface area contributed by atoms with Crippen LogP contribution < -0.4 is 14.9 Å². The summed E-state index contributed by atoms with van der Waals surface area (Å²) in [5.41, 5.74) is 4.52. The molecule has 1 atom stereocenters. The topological polar surface area (TPSA) is 150 Å². The highest BCUT2D eigenvalue weighted by Crippen LogP contribution is 2.19. The van der Waals surface area contributed by atoms with Gasteiger partial charge in [-0.2, -0.15) is 22.5 Å². The number of anilines is 1. The number of amides is 1. The molecule has 5 rings (SSSR count). The van der Waals surface area contributed by atoms with Gasteiger partial charge in [0.05, 0.1) is 5.69 Å². The molecule has 238 valence electrons. The van der Waals surface area contributed by atoms with Crippen LogP contribution >= 0.6 is 0 Å². The number of benzene rings is 2. The summed E-state index contributed by atoms with van der Waals surface area (Å²) in [6.45, 7) is 5.07. The number of carbonyl (C=O) groups excluding carboxylic acids is 1. The molecule has 0 unspecified atom stereocenters. The zero-order valence-electron chi connectivity index (χ0n) is 25.5. The van der Waals surface area contributed by atoms with Crippen LogP contribution in [0.1, 0.15) is 41.0 Å². The van der Waals surface area contributed by atoms with Gasteiger partial charge in [-0.05, 0) is 66.1 Å². The van der Waals surface area contributed by atoms with E-state index in [0.29, 0.717) is 25.2 Å². The minimum atomic E-state index is -3.93. The molecule has 4 aromatic rings. The maximum Gasteiger partial charge on any atom is 0.322 e. The van der Waals surface area contributed by atoms with Gasteiger partial charge in [-0.25, -0.2) is 4.68 Å². The van der Waals surface area contributed by atoms with E-state index in [0.717, 1.165) is 22.5 Å². The highest BCUT2D eigenvalue weighted by molar-refractivity contribution is 7.87. The van der Waals surface area contributed by atoms with Crippen molar-refractivity contribution in [2.75, 3.05) is 31.1 Å². The van der Waals surface area contributed by atoms with Crippen molar-refractivity contribution in [2.45, 2.75) is 26.4 Å². The molecule has 0 spiro atoms. The lowest BCUT2D eigenvalue weighted by atomic mass is 10.1. The molecule has 3 N–H and O–H groups in total. The summed E-state index contributed by atoms with van der Waals surface area (Å²) < 4.78 is 30.9. The number of pyridine rings is 1. The molecule has 2 aromatic carbocycles. The second-order valence-electron chi connectivity index (χ2n) is 11.1. The third-order valence-electron chi connectivity index (χ3n) is 7.52. The van der Waals surface area contributed by atoms with Gasteiger partial charge in [-0.3, -0.25) is 14.6 Å². The summed E-state index contributed by atoms with van der Waals surface area (Å²) >= 11 is 0. The van der Waals surface area contributed by atoms with Gasteiger partial charge in [0.25, 0.3) is 16.1 Å². The van der Waals surface area contributed by atoms with Crippen molar-refractivity contribution in [1.82, 2.24) is 29.1 Å². The van der Waals surface area contributed by atoms with Gasteiger partial charge in [0.1, 0.15) is 11.7 Å². The van der Waals surface area contributed by atoms with Crippen LogP contribution in [-0.2, 0) is 21.5 Å². The van der Waals surface area contributed by atoms with Crippen molar-refractivity contribution < 1.29 is 23.1 Å². The van der Waals surface area contributed by atoms with E-state index < -0.39 is 22.2 Å². The van der Waals surface area contributed by atoms with Crippen LogP contribution in [0.2, 0.25) is 0 Å². The Labute approximate surface area is 268 Å². The summed E-state index contributed by atoms with van der Waals surface area (Å²) in [6.07, 6.45) is 5.14. The highest BCUT2D eigenvalue weighted by atomic mass is 32.2. The zero-order valence-corrected chi connectivity index (χ0v) is 26.3. The van der Waals surface area contributed by atoms with Crippen molar-refractivity contribution in [1.29, 1.82) is 0 Å². The van der Waals surface area contributed by atoms with Crippen molar-refractivity contribution >= 4 is 27.8 Å². The van der Waals surface area contributed by atoms with Crippen LogP contribution in [0.3, 0.4) is 0 Å². The first kappa shape index (κ1) is 32.4. The molecule has 13 heteroatoms. The number of aromatic nitrogens is 3. The maximum absolute atomic E-state index is 12.8. The Morgan fingerprint density at radius 3 is 2.22 bits per heavy atom. The minimum Gasteiger partial charge on any atom is -0.480 e. The molecule has 1 aliphatic rings. The SMILES string of the molecule is CC(C)[C@@H](NS(=O)(=O)N1CCN(c2ccc(C#Cc3ccnc(C(=O)NCc4ccc(-n5cccn5)cc4)c3)cc2)CC1)C(=O)O. The first-order valence-electron chi connectivity index (χ1n) is 14.8. The van der Waals surface area contributed by atoms with E-state index in [1.54, 1.807) is 43.1 Å². The van der Waals surface area contributed by atoms with Crippen molar-refractivity contribution in [3.8, 4) is 17.5 Å². The van der Waals surface area contributed by atoms with E-state index in [2.05, 4.69) is 36.9 Å². The van der Waals surface area contributed by atoms with Crippen LogP contribution in [0.15, 0.2) is 85.3 Å². The van der Waals surface area contributed by atoms with Crippen LogP contribution in [0, 0.1) is 17.8 Å².